The molecule has 0 unspecified atom stereocenters. The first kappa shape index (κ1) is 5.56. The maximum atomic E-state index is 2.49. The van der Waals surface area contributed by atoms with Crippen molar-refractivity contribution in [1.29, 1.82) is 0 Å². The summed E-state index contributed by atoms with van der Waals surface area (Å²) in [6.45, 7) is 0. The number of alkyl halides is 1. The van der Waals surface area contributed by atoms with Crippen molar-refractivity contribution in [2.24, 2.45) is 0 Å². The monoisotopic (exact) mass is 232 g/mol. The minimum atomic E-state index is 0.942. The number of rotatable bonds is 0. The maximum absolute atomic E-state index is 2.49. The van der Waals surface area contributed by atoms with Gasteiger partial charge in [0.1, 0.15) is 0 Å². The SMILES string of the molecule is IC1CSSC1. The molecule has 0 amide bonds. The predicted octanol–water partition coefficient (Wildman–Crippen LogP) is 2.19. The van der Waals surface area contributed by atoms with E-state index >= 15 is 0 Å². The summed E-state index contributed by atoms with van der Waals surface area (Å²) in [7, 11) is 3.98. The molecule has 6 heavy (non-hydrogen) atoms. The Balaban J connectivity index is 2.18. The van der Waals surface area contributed by atoms with Gasteiger partial charge in [-0.05, 0) is 0 Å². The summed E-state index contributed by atoms with van der Waals surface area (Å²) in [6.07, 6.45) is 0. The van der Waals surface area contributed by atoms with Gasteiger partial charge in [-0.2, -0.15) is 0 Å². The minimum absolute atomic E-state index is 0.942. The van der Waals surface area contributed by atoms with Crippen LogP contribution < -0.4 is 0 Å². The quantitative estimate of drug-likeness (QED) is 0.356. The molecule has 1 rings (SSSR count). The van der Waals surface area contributed by atoms with Gasteiger partial charge in [-0.15, -0.1) is 0 Å². The highest BCUT2D eigenvalue weighted by Gasteiger charge is 2.10. The third-order valence-electron chi connectivity index (χ3n) is 0.581. The summed E-state index contributed by atoms with van der Waals surface area (Å²) < 4.78 is 0.942. The van der Waals surface area contributed by atoms with Crippen molar-refractivity contribution in [2.45, 2.75) is 3.92 Å². The largest absolute Gasteiger partial charge is 0.0930 e. The Hall–Kier alpha value is 1.43. The van der Waals surface area contributed by atoms with Gasteiger partial charge >= 0.3 is 0 Å². The van der Waals surface area contributed by atoms with Crippen LogP contribution in [0.3, 0.4) is 0 Å². The van der Waals surface area contributed by atoms with Crippen LogP contribution in [0.1, 0.15) is 0 Å². The summed E-state index contributed by atoms with van der Waals surface area (Å²) >= 11 is 2.49. The summed E-state index contributed by atoms with van der Waals surface area (Å²) in [5.74, 6) is 2.70. The normalized spacial score (nSPS) is 25.5. The van der Waals surface area contributed by atoms with Crippen molar-refractivity contribution >= 4 is 44.2 Å². The topological polar surface area (TPSA) is 0 Å². The van der Waals surface area contributed by atoms with Crippen molar-refractivity contribution in [3.63, 3.8) is 0 Å². The molecule has 0 radical (unpaired) electrons. The van der Waals surface area contributed by atoms with Crippen LogP contribution in [0.25, 0.3) is 0 Å². The molecule has 1 aliphatic heterocycles. The minimum Gasteiger partial charge on any atom is -0.0930 e. The van der Waals surface area contributed by atoms with E-state index in [1.807, 2.05) is 21.6 Å². The van der Waals surface area contributed by atoms with E-state index in [2.05, 4.69) is 22.6 Å². The third-order valence-corrected chi connectivity index (χ3v) is 5.22. The average Bonchev–Trinajstić information content (AvgIpc) is 1.86. The van der Waals surface area contributed by atoms with E-state index in [0.717, 1.165) is 3.92 Å². The van der Waals surface area contributed by atoms with Crippen molar-refractivity contribution in [1.82, 2.24) is 0 Å². The first-order valence-corrected chi connectivity index (χ1v) is 5.51. The Morgan fingerprint density at radius 1 is 1.33 bits per heavy atom. The highest BCUT2D eigenvalue weighted by Crippen LogP contribution is 2.34. The second-order valence-corrected chi connectivity index (χ2v) is 5.48. The smallest absolute Gasteiger partial charge is 0.0307 e. The molecule has 36 valence electrons. The van der Waals surface area contributed by atoms with Gasteiger partial charge < -0.3 is 0 Å². The molecule has 0 atom stereocenters. The van der Waals surface area contributed by atoms with Gasteiger partial charge in [-0.3, -0.25) is 0 Å². The molecule has 0 saturated carbocycles. The predicted molar refractivity (Wildman–Crippen MR) is 42.7 cm³/mol. The van der Waals surface area contributed by atoms with Crippen molar-refractivity contribution in [3.8, 4) is 0 Å². The Bertz CT molecular complexity index is 42.1. The molecule has 0 aromatic carbocycles. The second kappa shape index (κ2) is 2.67. The number of hydrogen-bond donors (Lipinski definition) is 0. The first-order chi connectivity index (χ1) is 2.89. The molecule has 0 aromatic heterocycles. The zero-order valence-electron chi connectivity index (χ0n) is 3.19. The highest BCUT2D eigenvalue weighted by molar-refractivity contribution is 14.1. The van der Waals surface area contributed by atoms with E-state index in [-0.39, 0.29) is 0 Å². The van der Waals surface area contributed by atoms with E-state index < -0.39 is 0 Å². The van der Waals surface area contributed by atoms with Crippen LogP contribution in [0.4, 0.5) is 0 Å². The number of halogens is 1. The fraction of sp³-hybridized carbons (Fsp3) is 1.00. The summed E-state index contributed by atoms with van der Waals surface area (Å²) in [5, 5.41) is 0. The summed E-state index contributed by atoms with van der Waals surface area (Å²) in [6, 6.07) is 0. The van der Waals surface area contributed by atoms with E-state index in [1.165, 1.54) is 11.5 Å². The Morgan fingerprint density at radius 3 is 2.00 bits per heavy atom. The molecule has 1 heterocycles. The highest BCUT2D eigenvalue weighted by atomic mass is 127. The zero-order valence-corrected chi connectivity index (χ0v) is 6.98. The van der Waals surface area contributed by atoms with E-state index in [1.54, 1.807) is 0 Å². The van der Waals surface area contributed by atoms with E-state index in [4.69, 9.17) is 0 Å². The molecule has 0 aliphatic carbocycles. The van der Waals surface area contributed by atoms with Crippen LogP contribution in [0.2, 0.25) is 0 Å². The second-order valence-electron chi connectivity index (χ2n) is 1.17. The first-order valence-electron chi connectivity index (χ1n) is 1.78. The third kappa shape index (κ3) is 1.50. The lowest BCUT2D eigenvalue weighted by Crippen LogP contribution is -1.93. The molecule has 0 spiro atoms. The molecule has 0 aromatic rings. The molecular formula is C3H5IS2. The molecule has 0 bridgehead atoms. The van der Waals surface area contributed by atoms with Gasteiger partial charge in [0, 0.05) is 15.4 Å². The molecule has 3 heteroatoms. The Labute approximate surface area is 59.4 Å². The summed E-state index contributed by atoms with van der Waals surface area (Å²) in [5.41, 5.74) is 0. The zero-order chi connectivity index (χ0) is 4.41. The fourth-order valence-corrected chi connectivity index (χ4v) is 5.27. The average molecular weight is 232 g/mol. The molecule has 1 saturated heterocycles. The summed E-state index contributed by atoms with van der Waals surface area (Å²) in [4.78, 5) is 0. The van der Waals surface area contributed by atoms with Gasteiger partial charge in [0.2, 0.25) is 0 Å². The standard InChI is InChI=1S/C3H5IS2/c4-3-1-5-6-2-3/h3H,1-2H2. The van der Waals surface area contributed by atoms with Gasteiger partial charge in [0.25, 0.3) is 0 Å². The van der Waals surface area contributed by atoms with Crippen LogP contribution in [-0.2, 0) is 0 Å². The maximum Gasteiger partial charge on any atom is 0.0307 e. The molecule has 1 aliphatic rings. The van der Waals surface area contributed by atoms with Crippen LogP contribution in [0.5, 0.6) is 0 Å². The van der Waals surface area contributed by atoms with Crippen LogP contribution >= 0.6 is 44.2 Å². The van der Waals surface area contributed by atoms with Crippen LogP contribution in [0.15, 0.2) is 0 Å². The lowest BCUT2D eigenvalue weighted by Gasteiger charge is -1.86. The van der Waals surface area contributed by atoms with Gasteiger partial charge in [0.05, 0.1) is 0 Å². The van der Waals surface area contributed by atoms with Crippen LogP contribution in [-0.4, -0.2) is 15.4 Å². The fourth-order valence-electron chi connectivity index (χ4n) is 0.292. The van der Waals surface area contributed by atoms with Gasteiger partial charge in [-0.25, -0.2) is 0 Å². The van der Waals surface area contributed by atoms with Crippen molar-refractivity contribution in [2.75, 3.05) is 11.5 Å². The Kier molecular flexibility index (Phi) is 2.47. The molecule has 0 N–H and O–H groups in total. The number of hydrogen-bond acceptors (Lipinski definition) is 2. The van der Waals surface area contributed by atoms with Crippen molar-refractivity contribution < 1.29 is 0 Å². The van der Waals surface area contributed by atoms with Crippen LogP contribution in [0, 0.1) is 0 Å². The van der Waals surface area contributed by atoms with E-state index in [9.17, 15) is 0 Å². The molecule has 0 nitrogen and oxygen atoms in total. The molecular weight excluding hydrogens is 227 g/mol. The van der Waals surface area contributed by atoms with Crippen molar-refractivity contribution in [3.05, 3.63) is 0 Å². The lowest BCUT2D eigenvalue weighted by atomic mass is 10.6. The molecule has 1 fully saturated rings. The van der Waals surface area contributed by atoms with Gasteiger partial charge in [0.15, 0.2) is 0 Å². The van der Waals surface area contributed by atoms with E-state index in [0.29, 0.717) is 0 Å². The Morgan fingerprint density at radius 2 is 1.83 bits per heavy atom. The lowest BCUT2D eigenvalue weighted by molar-refractivity contribution is 1.22. The van der Waals surface area contributed by atoms with Gasteiger partial charge in [-0.1, -0.05) is 44.2 Å².